The molecule has 0 aromatic heterocycles. The van der Waals surface area contributed by atoms with Crippen LogP contribution in [-0.2, 0) is 6.42 Å². The van der Waals surface area contributed by atoms with E-state index < -0.39 is 0 Å². The van der Waals surface area contributed by atoms with Crippen LogP contribution in [0.4, 0.5) is 0 Å². The van der Waals surface area contributed by atoms with Crippen molar-refractivity contribution in [3.05, 3.63) is 29.3 Å². The van der Waals surface area contributed by atoms with Crippen molar-refractivity contribution >= 4 is 0 Å². The van der Waals surface area contributed by atoms with Crippen molar-refractivity contribution in [1.82, 2.24) is 10.2 Å². The summed E-state index contributed by atoms with van der Waals surface area (Å²) >= 11 is 0. The molecule has 0 bridgehead atoms. The SMILES string of the molecule is CC(C(N)c1ccc2c(c1)CCO2)N1CCNCC1. The molecule has 0 aliphatic carbocycles. The third-order valence-electron chi connectivity index (χ3n) is 4.35. The second-order valence-electron chi connectivity index (χ2n) is 5.52. The van der Waals surface area contributed by atoms with Crippen LogP contribution in [0, 0.1) is 0 Å². The third kappa shape index (κ3) is 2.61. The fourth-order valence-corrected chi connectivity index (χ4v) is 3.01. The van der Waals surface area contributed by atoms with Gasteiger partial charge in [-0.05, 0) is 24.1 Å². The molecule has 4 nitrogen and oxygen atoms in total. The Morgan fingerprint density at radius 1 is 1.32 bits per heavy atom. The molecule has 1 aromatic rings. The molecule has 0 spiro atoms. The topological polar surface area (TPSA) is 50.5 Å². The van der Waals surface area contributed by atoms with Crippen molar-refractivity contribution in [1.29, 1.82) is 0 Å². The number of nitrogens with two attached hydrogens (primary N) is 1. The quantitative estimate of drug-likeness (QED) is 0.849. The largest absolute Gasteiger partial charge is 0.493 e. The standard InChI is InChI=1S/C15H23N3O/c1-11(18-7-5-17-6-8-18)15(16)13-2-3-14-12(10-13)4-9-19-14/h2-3,10-11,15,17H,4-9,16H2,1H3. The first-order valence-corrected chi connectivity index (χ1v) is 7.21. The molecule has 1 aromatic carbocycles. The molecule has 2 aliphatic rings. The number of hydrogen-bond acceptors (Lipinski definition) is 4. The normalized spacial score (nSPS) is 22.6. The maximum Gasteiger partial charge on any atom is 0.122 e. The highest BCUT2D eigenvalue weighted by Gasteiger charge is 2.24. The zero-order valence-electron chi connectivity index (χ0n) is 11.6. The first kappa shape index (κ1) is 12.9. The number of fused-ring (bicyclic) bond motifs is 1. The lowest BCUT2D eigenvalue weighted by Crippen LogP contribution is -2.50. The summed E-state index contributed by atoms with van der Waals surface area (Å²) in [6.45, 7) is 7.34. The minimum Gasteiger partial charge on any atom is -0.493 e. The van der Waals surface area contributed by atoms with Gasteiger partial charge in [0, 0.05) is 44.7 Å². The zero-order valence-corrected chi connectivity index (χ0v) is 11.6. The number of piperazine rings is 1. The summed E-state index contributed by atoms with van der Waals surface area (Å²) in [5.74, 6) is 1.03. The molecule has 1 saturated heterocycles. The molecule has 1 fully saturated rings. The van der Waals surface area contributed by atoms with Gasteiger partial charge in [0.25, 0.3) is 0 Å². The zero-order chi connectivity index (χ0) is 13.2. The number of benzene rings is 1. The Morgan fingerprint density at radius 3 is 2.89 bits per heavy atom. The predicted molar refractivity (Wildman–Crippen MR) is 76.5 cm³/mol. The summed E-state index contributed by atoms with van der Waals surface area (Å²) in [6.07, 6.45) is 1.01. The minimum atomic E-state index is 0.0731. The van der Waals surface area contributed by atoms with Gasteiger partial charge < -0.3 is 15.8 Å². The molecule has 2 aliphatic heterocycles. The minimum absolute atomic E-state index is 0.0731. The number of nitrogens with one attached hydrogen (secondary N) is 1. The molecule has 0 amide bonds. The third-order valence-corrected chi connectivity index (χ3v) is 4.35. The predicted octanol–water partition coefficient (Wildman–Crippen LogP) is 0.915. The van der Waals surface area contributed by atoms with E-state index in [4.69, 9.17) is 10.5 Å². The van der Waals surface area contributed by atoms with Crippen LogP contribution in [0.2, 0.25) is 0 Å². The van der Waals surface area contributed by atoms with Crippen LogP contribution in [0.15, 0.2) is 18.2 Å². The fraction of sp³-hybridized carbons (Fsp3) is 0.600. The lowest BCUT2D eigenvalue weighted by Gasteiger charge is -2.36. The molecule has 19 heavy (non-hydrogen) atoms. The second kappa shape index (κ2) is 5.49. The van der Waals surface area contributed by atoms with Crippen LogP contribution in [-0.4, -0.2) is 43.7 Å². The summed E-state index contributed by atoms with van der Waals surface area (Å²) in [5.41, 5.74) is 9.00. The Balaban J connectivity index is 1.73. The summed E-state index contributed by atoms with van der Waals surface area (Å²) in [4.78, 5) is 2.48. The van der Waals surface area contributed by atoms with E-state index in [1.165, 1.54) is 11.1 Å². The van der Waals surface area contributed by atoms with E-state index in [0.717, 1.165) is 45.0 Å². The van der Waals surface area contributed by atoms with Crippen molar-refractivity contribution in [2.45, 2.75) is 25.4 Å². The number of nitrogens with zero attached hydrogens (tertiary/aromatic N) is 1. The highest BCUT2D eigenvalue weighted by Crippen LogP contribution is 2.29. The second-order valence-corrected chi connectivity index (χ2v) is 5.52. The van der Waals surface area contributed by atoms with Gasteiger partial charge in [0.1, 0.15) is 5.75 Å². The van der Waals surface area contributed by atoms with Gasteiger partial charge in [-0.2, -0.15) is 0 Å². The van der Waals surface area contributed by atoms with Gasteiger partial charge in [-0.3, -0.25) is 4.90 Å². The Morgan fingerprint density at radius 2 is 2.11 bits per heavy atom. The summed E-state index contributed by atoms with van der Waals surface area (Å²) in [5, 5.41) is 3.38. The molecule has 2 heterocycles. The van der Waals surface area contributed by atoms with Gasteiger partial charge in [-0.15, -0.1) is 0 Å². The fourth-order valence-electron chi connectivity index (χ4n) is 3.01. The highest BCUT2D eigenvalue weighted by atomic mass is 16.5. The van der Waals surface area contributed by atoms with E-state index in [1.807, 2.05) is 0 Å². The van der Waals surface area contributed by atoms with E-state index >= 15 is 0 Å². The summed E-state index contributed by atoms with van der Waals surface area (Å²) < 4.78 is 5.55. The van der Waals surface area contributed by atoms with Crippen molar-refractivity contribution in [2.24, 2.45) is 5.73 Å². The van der Waals surface area contributed by atoms with Crippen molar-refractivity contribution < 1.29 is 4.74 Å². The number of rotatable bonds is 3. The monoisotopic (exact) mass is 261 g/mol. The van der Waals surface area contributed by atoms with Gasteiger partial charge in [-0.25, -0.2) is 0 Å². The Labute approximate surface area is 114 Å². The van der Waals surface area contributed by atoms with Gasteiger partial charge in [-0.1, -0.05) is 12.1 Å². The van der Waals surface area contributed by atoms with Crippen molar-refractivity contribution in [2.75, 3.05) is 32.8 Å². The summed E-state index contributed by atoms with van der Waals surface area (Å²) in [6, 6.07) is 6.87. The van der Waals surface area contributed by atoms with Crippen LogP contribution in [0.25, 0.3) is 0 Å². The maximum absolute atomic E-state index is 6.46. The number of ether oxygens (including phenoxy) is 1. The van der Waals surface area contributed by atoms with Crippen molar-refractivity contribution in [3.8, 4) is 5.75 Å². The first-order chi connectivity index (χ1) is 9.25. The Bertz CT molecular complexity index is 443. The van der Waals surface area contributed by atoms with Crippen LogP contribution in [0.5, 0.6) is 5.75 Å². The van der Waals surface area contributed by atoms with Crippen LogP contribution in [0.3, 0.4) is 0 Å². The molecule has 4 heteroatoms. The molecule has 0 radical (unpaired) electrons. The maximum atomic E-state index is 6.46. The van der Waals surface area contributed by atoms with Crippen molar-refractivity contribution in [3.63, 3.8) is 0 Å². The van der Waals surface area contributed by atoms with Gasteiger partial charge in [0.2, 0.25) is 0 Å². The molecular weight excluding hydrogens is 238 g/mol. The smallest absolute Gasteiger partial charge is 0.122 e. The van der Waals surface area contributed by atoms with E-state index in [9.17, 15) is 0 Å². The Hall–Kier alpha value is -1.10. The van der Waals surface area contributed by atoms with Gasteiger partial charge >= 0.3 is 0 Å². The molecular formula is C15H23N3O. The van der Waals surface area contributed by atoms with Crippen LogP contribution in [0.1, 0.15) is 24.1 Å². The molecule has 2 unspecified atom stereocenters. The van der Waals surface area contributed by atoms with E-state index in [2.05, 4.69) is 35.3 Å². The first-order valence-electron chi connectivity index (χ1n) is 7.21. The van der Waals surface area contributed by atoms with E-state index in [-0.39, 0.29) is 6.04 Å². The highest BCUT2D eigenvalue weighted by molar-refractivity contribution is 5.41. The molecule has 3 rings (SSSR count). The van der Waals surface area contributed by atoms with Gasteiger partial charge in [0.05, 0.1) is 6.61 Å². The molecule has 2 atom stereocenters. The van der Waals surface area contributed by atoms with Crippen LogP contribution >= 0.6 is 0 Å². The molecule has 3 N–H and O–H groups in total. The average Bonchev–Trinajstić information content (AvgIpc) is 2.94. The van der Waals surface area contributed by atoms with Crippen LogP contribution < -0.4 is 15.8 Å². The van der Waals surface area contributed by atoms with E-state index in [1.54, 1.807) is 0 Å². The molecule has 104 valence electrons. The summed E-state index contributed by atoms with van der Waals surface area (Å²) in [7, 11) is 0. The average molecular weight is 261 g/mol. The Kier molecular flexibility index (Phi) is 3.73. The van der Waals surface area contributed by atoms with Gasteiger partial charge in [0.15, 0.2) is 0 Å². The lowest BCUT2D eigenvalue weighted by atomic mass is 9.97. The lowest BCUT2D eigenvalue weighted by molar-refractivity contribution is 0.163. The van der Waals surface area contributed by atoms with E-state index in [0.29, 0.717) is 6.04 Å². The molecule has 0 saturated carbocycles. The number of hydrogen-bond donors (Lipinski definition) is 2.